The van der Waals surface area contributed by atoms with Crippen LogP contribution in [-0.2, 0) is 6.67 Å². The van der Waals surface area contributed by atoms with Gasteiger partial charge in [0.15, 0.2) is 0 Å². The summed E-state index contributed by atoms with van der Waals surface area (Å²) < 4.78 is 30.5. The monoisotopic (exact) mass is 374 g/mol. The van der Waals surface area contributed by atoms with Gasteiger partial charge in [0.25, 0.3) is 0 Å². The summed E-state index contributed by atoms with van der Waals surface area (Å²) in [6.45, 7) is 7.45. The van der Waals surface area contributed by atoms with Crippen molar-refractivity contribution in [1.82, 2.24) is 10.0 Å². The van der Waals surface area contributed by atoms with E-state index in [2.05, 4.69) is 16.6 Å². The summed E-state index contributed by atoms with van der Waals surface area (Å²) >= 11 is 1.51. The van der Waals surface area contributed by atoms with Gasteiger partial charge in [0.2, 0.25) is 0 Å². The summed E-state index contributed by atoms with van der Waals surface area (Å²) in [5.74, 6) is -0.537. The molecule has 0 aliphatic heterocycles. The summed E-state index contributed by atoms with van der Waals surface area (Å²) in [5.41, 5.74) is 4.24. The Labute approximate surface area is 158 Å². The Hall–Kier alpha value is -2.11. The average Bonchev–Trinajstić information content (AvgIpc) is 2.63. The van der Waals surface area contributed by atoms with Crippen LogP contribution in [0.3, 0.4) is 0 Å². The molecule has 0 saturated carbocycles. The first-order valence-electron chi connectivity index (χ1n) is 8.37. The maximum atomic E-state index is 14.3. The van der Waals surface area contributed by atoms with Gasteiger partial charge in [-0.25, -0.2) is 8.78 Å². The van der Waals surface area contributed by atoms with Crippen LogP contribution in [0.2, 0.25) is 0 Å². The number of halogens is 2. The van der Waals surface area contributed by atoms with E-state index in [1.807, 2.05) is 51.2 Å². The number of rotatable bonds is 8. The van der Waals surface area contributed by atoms with Crippen LogP contribution in [0.15, 0.2) is 59.5 Å². The van der Waals surface area contributed by atoms with Crippen molar-refractivity contribution in [3.63, 3.8) is 0 Å². The van der Waals surface area contributed by atoms with Crippen LogP contribution in [0.5, 0.6) is 0 Å². The molecule has 0 heterocycles. The second-order valence-electron chi connectivity index (χ2n) is 5.97. The zero-order chi connectivity index (χ0) is 19.1. The molecule has 26 heavy (non-hydrogen) atoms. The first-order valence-corrected chi connectivity index (χ1v) is 9.19. The fourth-order valence-electron chi connectivity index (χ4n) is 2.60. The molecule has 0 aliphatic carbocycles. The number of alkyl halides is 1. The van der Waals surface area contributed by atoms with Crippen LogP contribution in [0.25, 0.3) is 16.8 Å². The number of allylic oxidation sites excluding steroid dienone is 1. The van der Waals surface area contributed by atoms with Crippen molar-refractivity contribution < 1.29 is 8.78 Å². The molecule has 5 heteroatoms. The minimum Gasteiger partial charge on any atom is -0.381 e. The highest BCUT2D eigenvalue weighted by molar-refractivity contribution is 7.97. The second-order valence-corrected chi connectivity index (χ2v) is 7.05. The molecule has 0 fully saturated rings. The summed E-state index contributed by atoms with van der Waals surface area (Å²) in [6, 6.07) is 10.9. The minimum atomic E-state index is -0.836. The van der Waals surface area contributed by atoms with Gasteiger partial charge in [-0.2, -0.15) is 0 Å². The van der Waals surface area contributed by atoms with E-state index in [9.17, 15) is 8.78 Å². The second kappa shape index (κ2) is 9.55. The molecule has 0 amide bonds. The van der Waals surface area contributed by atoms with Crippen molar-refractivity contribution in [3.05, 3.63) is 71.6 Å². The molecule has 2 N–H and O–H groups in total. The molecule has 138 valence electrons. The van der Waals surface area contributed by atoms with E-state index in [1.165, 1.54) is 18.0 Å². The largest absolute Gasteiger partial charge is 0.381 e. The van der Waals surface area contributed by atoms with Crippen molar-refractivity contribution in [3.8, 4) is 11.1 Å². The molecular formula is C21H24F2N2S. The number of hydrogen-bond acceptors (Lipinski definition) is 3. The molecule has 2 aromatic carbocycles. The predicted molar refractivity (Wildman–Crippen MR) is 108 cm³/mol. The molecule has 2 aromatic rings. The fourth-order valence-corrected chi connectivity index (χ4v) is 3.11. The van der Waals surface area contributed by atoms with Crippen molar-refractivity contribution in [1.29, 1.82) is 0 Å². The van der Waals surface area contributed by atoms with Crippen LogP contribution in [-0.4, -0.2) is 13.6 Å². The third-order valence-electron chi connectivity index (χ3n) is 3.88. The number of nitrogens with one attached hydrogen (secondary N) is 2. The average molecular weight is 374 g/mol. The van der Waals surface area contributed by atoms with Gasteiger partial charge in [-0.3, -0.25) is 4.72 Å². The maximum Gasteiger partial charge on any atom is 0.129 e. The van der Waals surface area contributed by atoms with Gasteiger partial charge < -0.3 is 5.32 Å². The molecule has 0 radical (unpaired) electrons. The summed E-state index contributed by atoms with van der Waals surface area (Å²) in [6.07, 6.45) is 1.89. The molecule has 2 nitrogen and oxygen atoms in total. The predicted octanol–water partition coefficient (Wildman–Crippen LogP) is 5.72. The van der Waals surface area contributed by atoms with Crippen LogP contribution in [0, 0.1) is 5.82 Å². The quantitative estimate of drug-likeness (QED) is 0.457. The topological polar surface area (TPSA) is 24.1 Å². The normalized spacial score (nSPS) is 11.5. The molecule has 0 aliphatic rings. The lowest BCUT2D eigenvalue weighted by atomic mass is 9.95. The molecule has 0 unspecified atom stereocenters. The molecule has 0 bridgehead atoms. The van der Waals surface area contributed by atoms with E-state index < -0.39 is 12.5 Å². The highest BCUT2D eigenvalue weighted by Crippen LogP contribution is 2.32. The summed E-state index contributed by atoms with van der Waals surface area (Å²) in [4.78, 5) is 1.07. The Balaban J connectivity index is 2.53. The van der Waals surface area contributed by atoms with Gasteiger partial charge in [-0.05, 0) is 68.2 Å². The summed E-state index contributed by atoms with van der Waals surface area (Å²) in [5, 5.41) is 3.28. The number of hydrogen-bond donors (Lipinski definition) is 2. The molecule has 2 rings (SSSR count). The zero-order valence-electron chi connectivity index (χ0n) is 15.3. The van der Waals surface area contributed by atoms with Crippen molar-refractivity contribution in [2.75, 3.05) is 13.6 Å². The standard InChI is InChI=1S/C21H24F2N2S/c1-5-21(25-13-14(2)3)19-11-20(23)16(12-22)10-18(19)15-6-8-17(9-7-15)26-24-4/h5-11,24-25H,2,12-13H2,1,3-4H3/b21-5-. The fraction of sp³-hybridized carbons (Fsp3) is 0.238. The molecule has 0 aromatic heterocycles. The molecule has 0 spiro atoms. The van der Waals surface area contributed by atoms with Crippen molar-refractivity contribution in [2.45, 2.75) is 25.4 Å². The van der Waals surface area contributed by atoms with Gasteiger partial charge in [-0.15, -0.1) is 0 Å². The van der Waals surface area contributed by atoms with E-state index in [4.69, 9.17) is 0 Å². The Bertz CT molecular complexity index is 798. The van der Waals surface area contributed by atoms with Gasteiger partial charge in [0, 0.05) is 28.3 Å². The lowest BCUT2D eigenvalue weighted by Gasteiger charge is -2.17. The van der Waals surface area contributed by atoms with Crippen LogP contribution < -0.4 is 10.0 Å². The van der Waals surface area contributed by atoms with Crippen LogP contribution in [0.4, 0.5) is 8.78 Å². The van der Waals surface area contributed by atoms with Crippen LogP contribution in [0.1, 0.15) is 25.0 Å². The smallest absolute Gasteiger partial charge is 0.129 e. The Morgan fingerprint density at radius 2 is 1.92 bits per heavy atom. The molecular weight excluding hydrogens is 350 g/mol. The highest BCUT2D eigenvalue weighted by atomic mass is 32.2. The molecule has 0 saturated heterocycles. The Morgan fingerprint density at radius 3 is 2.46 bits per heavy atom. The first-order chi connectivity index (χ1) is 12.5. The van der Waals surface area contributed by atoms with Gasteiger partial charge in [-0.1, -0.05) is 30.4 Å². The zero-order valence-corrected chi connectivity index (χ0v) is 16.1. The van der Waals surface area contributed by atoms with Gasteiger partial charge in [0.05, 0.1) is 0 Å². The van der Waals surface area contributed by atoms with E-state index in [0.717, 1.165) is 27.3 Å². The van der Waals surface area contributed by atoms with E-state index >= 15 is 0 Å². The van der Waals surface area contributed by atoms with E-state index in [0.29, 0.717) is 12.1 Å². The third kappa shape index (κ3) is 4.96. The van der Waals surface area contributed by atoms with Crippen molar-refractivity contribution >= 4 is 17.6 Å². The minimum absolute atomic E-state index is 0.0628. The summed E-state index contributed by atoms with van der Waals surface area (Å²) in [7, 11) is 1.86. The number of benzene rings is 2. The van der Waals surface area contributed by atoms with E-state index in [1.54, 1.807) is 6.07 Å². The maximum absolute atomic E-state index is 14.3. The van der Waals surface area contributed by atoms with Crippen LogP contribution >= 0.6 is 11.9 Å². The van der Waals surface area contributed by atoms with Gasteiger partial charge in [0.1, 0.15) is 12.5 Å². The highest BCUT2D eigenvalue weighted by Gasteiger charge is 2.15. The van der Waals surface area contributed by atoms with Crippen molar-refractivity contribution in [2.24, 2.45) is 0 Å². The van der Waals surface area contributed by atoms with Gasteiger partial charge >= 0.3 is 0 Å². The SMILES string of the molecule is C=C(C)CN/C(=C\C)c1cc(F)c(CF)cc1-c1ccc(SNC)cc1. The third-order valence-corrected chi connectivity index (χ3v) is 4.59. The Kier molecular flexibility index (Phi) is 7.42. The first kappa shape index (κ1) is 20.2. The lowest BCUT2D eigenvalue weighted by molar-refractivity contribution is 0.464. The lowest BCUT2D eigenvalue weighted by Crippen LogP contribution is -2.15. The van der Waals surface area contributed by atoms with E-state index in [-0.39, 0.29) is 5.56 Å². The Morgan fingerprint density at radius 1 is 1.23 bits per heavy atom. The molecule has 0 atom stereocenters.